The fourth-order valence-corrected chi connectivity index (χ4v) is 1.40. The molecule has 0 aromatic rings. The predicted octanol–water partition coefficient (Wildman–Crippen LogP) is 0.0644. The number of rotatable bonds is 4. The molecular formula is C9H15N3O2. The van der Waals surface area contributed by atoms with Gasteiger partial charge in [-0.05, 0) is 13.3 Å². The molecule has 1 heterocycles. The monoisotopic (exact) mass is 197 g/mol. The third-order valence-electron chi connectivity index (χ3n) is 2.20. The first-order valence-corrected chi connectivity index (χ1v) is 4.62. The molecule has 0 radical (unpaired) electrons. The van der Waals surface area contributed by atoms with Gasteiger partial charge < -0.3 is 9.69 Å². The van der Waals surface area contributed by atoms with Gasteiger partial charge in [0.05, 0.1) is 6.54 Å². The van der Waals surface area contributed by atoms with E-state index >= 15 is 0 Å². The summed E-state index contributed by atoms with van der Waals surface area (Å²) in [7, 11) is 1.71. The Bertz CT molecular complexity index is 275. The van der Waals surface area contributed by atoms with E-state index in [1.807, 2.05) is 0 Å². The van der Waals surface area contributed by atoms with Gasteiger partial charge in [0.25, 0.3) is 0 Å². The third kappa shape index (κ3) is 2.31. The van der Waals surface area contributed by atoms with Crippen LogP contribution in [0.15, 0.2) is 0 Å². The van der Waals surface area contributed by atoms with Crippen LogP contribution in [0.4, 0.5) is 0 Å². The molecule has 0 aromatic heterocycles. The number of ketones is 1. The molecule has 1 saturated heterocycles. The van der Waals surface area contributed by atoms with Crippen LogP contribution in [0.3, 0.4) is 0 Å². The van der Waals surface area contributed by atoms with E-state index in [-0.39, 0.29) is 24.2 Å². The van der Waals surface area contributed by atoms with Gasteiger partial charge in [0.1, 0.15) is 5.78 Å². The molecule has 0 unspecified atom stereocenters. The quantitative estimate of drug-likeness (QED) is 0.693. The number of amides is 1. The maximum atomic E-state index is 11.3. The normalized spacial score (nSPS) is 16.7. The number of nitrogens with one attached hydrogen (secondary N) is 1. The van der Waals surface area contributed by atoms with Crippen LogP contribution in [0.25, 0.3) is 0 Å². The number of Topliss-reactive ketones (excluding diaryl/α,β-unsaturated/α-hetero) is 1. The lowest BCUT2D eigenvalue weighted by atomic mass is 10.2. The molecule has 5 nitrogen and oxygen atoms in total. The molecule has 0 spiro atoms. The van der Waals surface area contributed by atoms with Crippen LogP contribution in [0, 0.1) is 5.41 Å². The highest BCUT2D eigenvalue weighted by molar-refractivity contribution is 6.02. The second-order valence-corrected chi connectivity index (χ2v) is 3.53. The van der Waals surface area contributed by atoms with Crippen LogP contribution in [0.2, 0.25) is 0 Å². The highest BCUT2D eigenvalue weighted by atomic mass is 16.2. The van der Waals surface area contributed by atoms with Crippen molar-refractivity contribution >= 4 is 17.6 Å². The van der Waals surface area contributed by atoms with E-state index in [1.165, 1.54) is 11.8 Å². The maximum absolute atomic E-state index is 11.3. The summed E-state index contributed by atoms with van der Waals surface area (Å²) in [6.45, 7) is 2.28. The van der Waals surface area contributed by atoms with E-state index in [2.05, 4.69) is 0 Å². The van der Waals surface area contributed by atoms with Crippen molar-refractivity contribution in [2.24, 2.45) is 0 Å². The Labute approximate surface area is 83.2 Å². The Balaban J connectivity index is 2.41. The standard InChI is InChI=1S/C9H15N3O2/c1-7(13)4-3-5-12-8(14)6-11(2)9(12)10/h10H,3-6H2,1-2H3. The van der Waals surface area contributed by atoms with Crippen molar-refractivity contribution in [2.75, 3.05) is 20.1 Å². The molecule has 1 amide bonds. The molecule has 1 aliphatic rings. The molecule has 1 fully saturated rings. The average Bonchev–Trinajstić information content (AvgIpc) is 2.31. The summed E-state index contributed by atoms with van der Waals surface area (Å²) in [5, 5.41) is 7.57. The van der Waals surface area contributed by atoms with Crippen molar-refractivity contribution in [1.29, 1.82) is 5.41 Å². The molecule has 0 aromatic carbocycles. The Morgan fingerprint density at radius 3 is 2.64 bits per heavy atom. The molecule has 0 saturated carbocycles. The van der Waals surface area contributed by atoms with Crippen molar-refractivity contribution in [3.8, 4) is 0 Å². The average molecular weight is 197 g/mol. The minimum atomic E-state index is -0.0546. The first kappa shape index (κ1) is 10.7. The minimum absolute atomic E-state index is 0.0546. The summed E-state index contributed by atoms with van der Waals surface area (Å²) < 4.78 is 0. The maximum Gasteiger partial charge on any atom is 0.248 e. The van der Waals surface area contributed by atoms with Gasteiger partial charge in [-0.3, -0.25) is 15.1 Å². The van der Waals surface area contributed by atoms with Crippen LogP contribution in [0.5, 0.6) is 0 Å². The Kier molecular flexibility index (Phi) is 3.22. The molecule has 0 bridgehead atoms. The van der Waals surface area contributed by atoms with E-state index in [4.69, 9.17) is 5.41 Å². The van der Waals surface area contributed by atoms with Crippen LogP contribution >= 0.6 is 0 Å². The van der Waals surface area contributed by atoms with Crippen LogP contribution < -0.4 is 0 Å². The van der Waals surface area contributed by atoms with Crippen molar-refractivity contribution < 1.29 is 9.59 Å². The predicted molar refractivity (Wildman–Crippen MR) is 52.0 cm³/mol. The number of nitrogens with zero attached hydrogens (tertiary/aromatic N) is 2. The highest BCUT2D eigenvalue weighted by Crippen LogP contribution is 2.07. The zero-order valence-corrected chi connectivity index (χ0v) is 8.54. The molecule has 1 N–H and O–H groups in total. The highest BCUT2D eigenvalue weighted by Gasteiger charge is 2.29. The van der Waals surface area contributed by atoms with E-state index < -0.39 is 0 Å². The number of carbonyl (C=O) groups is 2. The summed E-state index contributed by atoms with van der Waals surface area (Å²) in [6, 6.07) is 0. The Morgan fingerprint density at radius 1 is 1.57 bits per heavy atom. The minimum Gasteiger partial charge on any atom is -0.336 e. The van der Waals surface area contributed by atoms with Gasteiger partial charge in [-0.1, -0.05) is 0 Å². The number of hydrogen-bond donors (Lipinski definition) is 1. The largest absolute Gasteiger partial charge is 0.336 e. The molecule has 1 rings (SSSR count). The number of carbonyl (C=O) groups excluding carboxylic acids is 2. The van der Waals surface area contributed by atoms with Crippen molar-refractivity contribution in [3.63, 3.8) is 0 Å². The van der Waals surface area contributed by atoms with Gasteiger partial charge in [-0.25, -0.2) is 0 Å². The summed E-state index contributed by atoms with van der Waals surface area (Å²) in [6.07, 6.45) is 1.11. The first-order valence-electron chi connectivity index (χ1n) is 4.62. The SMILES string of the molecule is CC(=O)CCCN1C(=N)N(C)CC1=O. The Hall–Kier alpha value is -1.39. The summed E-state index contributed by atoms with van der Waals surface area (Å²) >= 11 is 0. The van der Waals surface area contributed by atoms with E-state index in [1.54, 1.807) is 11.9 Å². The lowest BCUT2D eigenvalue weighted by Gasteiger charge is -2.16. The van der Waals surface area contributed by atoms with E-state index in [9.17, 15) is 9.59 Å². The molecular weight excluding hydrogens is 182 g/mol. The van der Waals surface area contributed by atoms with Crippen LogP contribution in [-0.2, 0) is 9.59 Å². The number of hydrogen-bond acceptors (Lipinski definition) is 3. The van der Waals surface area contributed by atoms with Gasteiger partial charge in [0.15, 0.2) is 0 Å². The molecule has 0 atom stereocenters. The summed E-state index contributed by atoms with van der Waals surface area (Å²) in [5.74, 6) is 0.302. The van der Waals surface area contributed by atoms with Gasteiger partial charge in [-0.15, -0.1) is 0 Å². The van der Waals surface area contributed by atoms with Crippen molar-refractivity contribution in [3.05, 3.63) is 0 Å². The fraction of sp³-hybridized carbons (Fsp3) is 0.667. The lowest BCUT2D eigenvalue weighted by molar-refractivity contribution is -0.125. The van der Waals surface area contributed by atoms with E-state index in [0.29, 0.717) is 19.4 Å². The lowest BCUT2D eigenvalue weighted by Crippen LogP contribution is -2.33. The molecule has 1 aliphatic heterocycles. The van der Waals surface area contributed by atoms with Crippen molar-refractivity contribution in [1.82, 2.24) is 9.80 Å². The number of guanidine groups is 1. The fourth-order valence-electron chi connectivity index (χ4n) is 1.40. The van der Waals surface area contributed by atoms with Gasteiger partial charge in [-0.2, -0.15) is 0 Å². The first-order chi connectivity index (χ1) is 6.52. The second kappa shape index (κ2) is 4.21. The Morgan fingerprint density at radius 2 is 2.21 bits per heavy atom. The number of likely N-dealkylation sites (N-methyl/N-ethyl adjacent to an activating group) is 1. The van der Waals surface area contributed by atoms with Gasteiger partial charge >= 0.3 is 0 Å². The smallest absolute Gasteiger partial charge is 0.248 e. The third-order valence-corrected chi connectivity index (χ3v) is 2.20. The van der Waals surface area contributed by atoms with Crippen LogP contribution in [-0.4, -0.2) is 47.6 Å². The zero-order valence-electron chi connectivity index (χ0n) is 8.54. The molecule has 14 heavy (non-hydrogen) atoms. The van der Waals surface area contributed by atoms with E-state index in [0.717, 1.165) is 0 Å². The summed E-state index contributed by atoms with van der Waals surface area (Å²) in [4.78, 5) is 25.0. The molecule has 78 valence electrons. The zero-order chi connectivity index (χ0) is 10.7. The van der Waals surface area contributed by atoms with Gasteiger partial charge in [0, 0.05) is 20.0 Å². The molecule has 5 heteroatoms. The second-order valence-electron chi connectivity index (χ2n) is 3.53. The molecule has 0 aliphatic carbocycles. The topological polar surface area (TPSA) is 64.5 Å². The summed E-state index contributed by atoms with van der Waals surface area (Å²) in [5.41, 5.74) is 0. The van der Waals surface area contributed by atoms with Crippen LogP contribution in [0.1, 0.15) is 19.8 Å². The van der Waals surface area contributed by atoms with Crippen molar-refractivity contribution in [2.45, 2.75) is 19.8 Å². The van der Waals surface area contributed by atoms with Gasteiger partial charge in [0.2, 0.25) is 11.9 Å².